The minimum atomic E-state index is -0.860. The number of halogens is 1. The highest BCUT2D eigenvalue weighted by atomic mass is 19.1. The standard InChI is InChI=1S/C34H45FN4O2/c1-33(2,3)27-13-16-39-30(19-36-31(39)18-27)23-11-14-37(15-12-23)20-25-21-38(34(4,32(40)41)26-8-6-9-26)22-29(25)24-7-5-10-28(35)17-24/h5,7,10,13,16-19,23,25-26,29H,6,8-9,11-12,14-15,20-22H2,1-4H3,(H,40,41)/t25-,29+,34+/m0/s1. The van der Waals surface area contributed by atoms with Crippen molar-refractivity contribution in [3.8, 4) is 0 Å². The van der Waals surface area contributed by atoms with E-state index in [2.05, 4.69) is 59.5 Å². The first-order valence-electron chi connectivity index (χ1n) is 15.5. The molecule has 3 aromatic rings. The van der Waals surface area contributed by atoms with Gasteiger partial charge in [-0.15, -0.1) is 0 Å². The number of rotatable bonds is 7. The van der Waals surface area contributed by atoms with Gasteiger partial charge >= 0.3 is 5.97 Å². The second kappa shape index (κ2) is 10.8. The molecule has 41 heavy (non-hydrogen) atoms. The third kappa shape index (κ3) is 5.32. The van der Waals surface area contributed by atoms with Crippen molar-refractivity contribution < 1.29 is 14.3 Å². The van der Waals surface area contributed by atoms with Crippen LogP contribution in [-0.2, 0) is 10.2 Å². The summed E-state index contributed by atoms with van der Waals surface area (Å²) in [6.45, 7) is 12.9. The normalized spacial score (nSPS) is 24.9. The predicted molar refractivity (Wildman–Crippen MR) is 160 cm³/mol. The van der Waals surface area contributed by atoms with Gasteiger partial charge in [-0.1, -0.05) is 39.3 Å². The van der Waals surface area contributed by atoms with Crippen LogP contribution in [-0.4, -0.2) is 68.5 Å². The average molecular weight is 561 g/mol. The van der Waals surface area contributed by atoms with Crippen molar-refractivity contribution in [2.75, 3.05) is 32.7 Å². The summed E-state index contributed by atoms with van der Waals surface area (Å²) in [6.07, 6.45) is 9.45. The fourth-order valence-corrected chi connectivity index (χ4v) is 7.60. The molecule has 1 N–H and O–H groups in total. The molecule has 4 heterocycles. The lowest BCUT2D eigenvalue weighted by Gasteiger charge is -2.45. The Morgan fingerprint density at radius 2 is 1.80 bits per heavy atom. The molecule has 0 bridgehead atoms. The topological polar surface area (TPSA) is 61.1 Å². The molecule has 0 spiro atoms. The number of aromatic nitrogens is 2. The van der Waals surface area contributed by atoms with E-state index in [0.717, 1.165) is 69.5 Å². The second-order valence-electron chi connectivity index (χ2n) is 14.1. The van der Waals surface area contributed by atoms with Crippen LogP contribution in [0.2, 0.25) is 0 Å². The number of likely N-dealkylation sites (tertiary alicyclic amines) is 2. The Hall–Kier alpha value is -2.77. The molecule has 0 unspecified atom stereocenters. The molecule has 2 aliphatic heterocycles. The number of imidazole rings is 1. The van der Waals surface area contributed by atoms with Crippen LogP contribution in [0.5, 0.6) is 0 Å². The quantitative estimate of drug-likeness (QED) is 0.367. The summed E-state index contributed by atoms with van der Waals surface area (Å²) in [5, 5.41) is 10.4. The van der Waals surface area contributed by atoms with Gasteiger partial charge in [0, 0.05) is 49.6 Å². The summed E-state index contributed by atoms with van der Waals surface area (Å²) in [5.74, 6) is 0.103. The van der Waals surface area contributed by atoms with E-state index in [1.165, 1.54) is 17.3 Å². The fraction of sp³-hybridized carbons (Fsp3) is 0.588. The molecule has 3 fully saturated rings. The molecule has 6 rings (SSSR count). The third-order valence-corrected chi connectivity index (χ3v) is 10.6. The van der Waals surface area contributed by atoms with E-state index in [1.54, 1.807) is 12.1 Å². The molecular formula is C34H45FN4O2. The smallest absolute Gasteiger partial charge is 0.324 e. The van der Waals surface area contributed by atoms with Crippen molar-refractivity contribution in [1.29, 1.82) is 0 Å². The molecule has 6 nitrogen and oxygen atoms in total. The lowest BCUT2D eigenvalue weighted by atomic mass is 9.70. The highest BCUT2D eigenvalue weighted by molar-refractivity contribution is 5.79. The van der Waals surface area contributed by atoms with E-state index in [9.17, 15) is 14.3 Å². The average Bonchev–Trinajstić information content (AvgIpc) is 3.52. The number of hydrogen-bond donors (Lipinski definition) is 1. The maximum Gasteiger partial charge on any atom is 0.324 e. The second-order valence-corrected chi connectivity index (χ2v) is 14.1. The Kier molecular flexibility index (Phi) is 7.48. The maximum atomic E-state index is 14.3. The Balaban J connectivity index is 1.17. The van der Waals surface area contributed by atoms with Crippen LogP contribution in [0.1, 0.15) is 88.5 Å². The zero-order chi connectivity index (χ0) is 28.9. The summed E-state index contributed by atoms with van der Waals surface area (Å²) in [5.41, 5.74) is 3.84. The monoisotopic (exact) mass is 560 g/mol. The van der Waals surface area contributed by atoms with Crippen molar-refractivity contribution in [2.24, 2.45) is 11.8 Å². The van der Waals surface area contributed by atoms with Gasteiger partial charge in [-0.25, -0.2) is 9.37 Å². The van der Waals surface area contributed by atoms with E-state index in [-0.39, 0.29) is 29.0 Å². The highest BCUT2D eigenvalue weighted by Gasteiger charge is 2.52. The Morgan fingerprint density at radius 1 is 1.05 bits per heavy atom. The van der Waals surface area contributed by atoms with Crippen LogP contribution < -0.4 is 0 Å². The Bertz CT molecular complexity index is 1400. The molecule has 7 heteroatoms. The molecule has 3 aliphatic rings. The number of carboxylic acids is 1. The number of hydrogen-bond acceptors (Lipinski definition) is 4. The molecule has 2 saturated heterocycles. The van der Waals surface area contributed by atoms with Crippen LogP contribution in [0.25, 0.3) is 5.65 Å². The number of carbonyl (C=O) groups is 1. The summed E-state index contributed by atoms with van der Waals surface area (Å²) >= 11 is 0. The first-order valence-corrected chi connectivity index (χ1v) is 15.5. The van der Waals surface area contributed by atoms with Gasteiger partial charge in [0.1, 0.15) is 17.0 Å². The molecule has 1 aliphatic carbocycles. The number of benzene rings is 1. The van der Waals surface area contributed by atoms with E-state index < -0.39 is 11.5 Å². The van der Waals surface area contributed by atoms with Gasteiger partial charge in [0.2, 0.25) is 0 Å². The zero-order valence-corrected chi connectivity index (χ0v) is 25.0. The molecule has 0 amide bonds. The lowest BCUT2D eigenvalue weighted by molar-refractivity contribution is -0.156. The lowest BCUT2D eigenvalue weighted by Crippen LogP contribution is -2.58. The fourth-order valence-electron chi connectivity index (χ4n) is 7.60. The first-order chi connectivity index (χ1) is 19.5. The number of nitrogens with zero attached hydrogens (tertiary/aromatic N) is 4. The van der Waals surface area contributed by atoms with Crippen molar-refractivity contribution in [3.63, 3.8) is 0 Å². The van der Waals surface area contributed by atoms with Crippen LogP contribution >= 0.6 is 0 Å². The van der Waals surface area contributed by atoms with Crippen LogP contribution in [0.15, 0.2) is 48.8 Å². The van der Waals surface area contributed by atoms with Gasteiger partial charge < -0.3 is 14.4 Å². The van der Waals surface area contributed by atoms with Gasteiger partial charge in [0.05, 0.1) is 0 Å². The molecule has 220 valence electrons. The number of carboxylic acid groups (broad SMARTS) is 1. The van der Waals surface area contributed by atoms with Crippen LogP contribution in [0.4, 0.5) is 4.39 Å². The Morgan fingerprint density at radius 3 is 2.44 bits per heavy atom. The number of fused-ring (bicyclic) bond motifs is 1. The summed E-state index contributed by atoms with van der Waals surface area (Å²) in [6, 6.07) is 11.4. The van der Waals surface area contributed by atoms with Gasteiger partial charge in [-0.05, 0) is 98.3 Å². The molecule has 3 atom stereocenters. The third-order valence-electron chi connectivity index (χ3n) is 10.6. The highest BCUT2D eigenvalue weighted by Crippen LogP contribution is 2.45. The van der Waals surface area contributed by atoms with E-state index in [0.29, 0.717) is 12.5 Å². The van der Waals surface area contributed by atoms with Crippen molar-refractivity contribution in [3.05, 3.63) is 71.4 Å². The van der Waals surface area contributed by atoms with Crippen LogP contribution in [0, 0.1) is 17.7 Å². The van der Waals surface area contributed by atoms with Crippen molar-refractivity contribution in [2.45, 2.75) is 82.6 Å². The van der Waals surface area contributed by atoms with Gasteiger partial charge in [0.25, 0.3) is 0 Å². The molecule has 2 aromatic heterocycles. The predicted octanol–water partition coefficient (Wildman–Crippen LogP) is 6.31. The van der Waals surface area contributed by atoms with Gasteiger partial charge in [-0.3, -0.25) is 9.69 Å². The number of piperidine rings is 1. The largest absolute Gasteiger partial charge is 0.480 e. The Labute approximate surface area is 243 Å². The van der Waals surface area contributed by atoms with E-state index >= 15 is 0 Å². The summed E-state index contributed by atoms with van der Waals surface area (Å²) in [4.78, 5) is 22.2. The van der Waals surface area contributed by atoms with Crippen molar-refractivity contribution >= 4 is 11.6 Å². The van der Waals surface area contributed by atoms with Gasteiger partial charge in [-0.2, -0.15) is 0 Å². The van der Waals surface area contributed by atoms with E-state index in [1.807, 2.05) is 13.0 Å². The maximum absolute atomic E-state index is 14.3. The summed E-state index contributed by atoms with van der Waals surface area (Å²) < 4.78 is 16.6. The summed E-state index contributed by atoms with van der Waals surface area (Å²) in [7, 11) is 0. The van der Waals surface area contributed by atoms with Crippen molar-refractivity contribution in [1.82, 2.24) is 19.2 Å². The molecule has 1 aromatic carbocycles. The molecule has 1 saturated carbocycles. The minimum Gasteiger partial charge on any atom is -0.480 e. The SMILES string of the molecule is CC(C)(C)c1ccn2c(C3CCN(C[C@H]4CN([C@@](C)(C(=O)O)C5CCC5)C[C@@H]4c4cccc(F)c4)CC3)cnc2c1. The van der Waals surface area contributed by atoms with E-state index in [4.69, 9.17) is 4.98 Å². The number of aliphatic carboxylic acids is 1. The zero-order valence-electron chi connectivity index (χ0n) is 25.0. The minimum absolute atomic E-state index is 0.0954. The van der Waals surface area contributed by atoms with Gasteiger partial charge in [0.15, 0.2) is 0 Å². The first kappa shape index (κ1) is 28.4. The molecular weight excluding hydrogens is 515 g/mol. The number of pyridine rings is 1. The molecule has 0 radical (unpaired) electrons. The van der Waals surface area contributed by atoms with Crippen LogP contribution in [0.3, 0.4) is 0 Å².